The average Bonchev–Trinajstić information content (AvgIpc) is 3.09. The molecule has 26 heavy (non-hydrogen) atoms. The Bertz CT molecular complexity index is 931. The Morgan fingerprint density at radius 1 is 1.00 bits per heavy atom. The van der Waals surface area contributed by atoms with Crippen LogP contribution in [0.3, 0.4) is 0 Å². The highest BCUT2D eigenvalue weighted by Gasteiger charge is 2.51. The van der Waals surface area contributed by atoms with Gasteiger partial charge in [-0.3, -0.25) is 4.98 Å². The summed E-state index contributed by atoms with van der Waals surface area (Å²) in [4.78, 5) is 9.41. The minimum absolute atomic E-state index is 0.355. The molecule has 0 saturated carbocycles. The van der Waals surface area contributed by atoms with E-state index in [1.54, 1.807) is 0 Å². The molecule has 0 atom stereocenters. The van der Waals surface area contributed by atoms with Crippen LogP contribution in [0.1, 0.15) is 34.6 Å². The number of aryl methyl sites for hydroxylation is 1. The van der Waals surface area contributed by atoms with E-state index < -0.39 is 7.12 Å². The maximum atomic E-state index is 6.11. The Kier molecular flexibility index (Phi) is 3.93. The van der Waals surface area contributed by atoms with Gasteiger partial charge in [-0.05, 0) is 52.8 Å². The van der Waals surface area contributed by atoms with Gasteiger partial charge in [0.25, 0.3) is 0 Å². The van der Waals surface area contributed by atoms with Crippen LogP contribution in [0.25, 0.3) is 22.6 Å². The molecular formula is C20H24BN3O2. The van der Waals surface area contributed by atoms with Gasteiger partial charge in [0.15, 0.2) is 5.82 Å². The van der Waals surface area contributed by atoms with E-state index in [-0.39, 0.29) is 11.2 Å². The Labute approximate surface area is 154 Å². The van der Waals surface area contributed by atoms with Gasteiger partial charge in [0.05, 0.1) is 22.2 Å². The molecule has 0 aliphatic carbocycles. The molecule has 1 aromatic carbocycles. The molecule has 2 aromatic heterocycles. The van der Waals surface area contributed by atoms with Crippen molar-refractivity contribution in [3.8, 4) is 11.5 Å². The van der Waals surface area contributed by atoms with Crippen LogP contribution in [0.4, 0.5) is 0 Å². The highest BCUT2D eigenvalue weighted by atomic mass is 16.7. The quantitative estimate of drug-likeness (QED) is 0.680. The monoisotopic (exact) mass is 349 g/mol. The second kappa shape index (κ2) is 5.93. The van der Waals surface area contributed by atoms with Crippen molar-refractivity contribution in [2.45, 2.75) is 52.4 Å². The van der Waals surface area contributed by atoms with Gasteiger partial charge in [-0.25, -0.2) is 4.98 Å². The average molecular weight is 349 g/mol. The van der Waals surface area contributed by atoms with Crippen molar-refractivity contribution in [2.75, 3.05) is 0 Å². The van der Waals surface area contributed by atoms with Gasteiger partial charge in [0, 0.05) is 18.2 Å². The Morgan fingerprint density at radius 2 is 1.69 bits per heavy atom. The van der Waals surface area contributed by atoms with Gasteiger partial charge in [-0.1, -0.05) is 18.2 Å². The van der Waals surface area contributed by atoms with Crippen LogP contribution in [0.5, 0.6) is 0 Å². The molecule has 1 aliphatic heterocycles. The zero-order chi connectivity index (χ0) is 18.5. The Hall–Kier alpha value is -2.18. The third-order valence-corrected chi connectivity index (χ3v) is 5.51. The molecule has 0 bridgehead atoms. The van der Waals surface area contributed by atoms with Crippen LogP contribution in [0, 0.1) is 0 Å². The molecule has 1 saturated heterocycles. The van der Waals surface area contributed by atoms with Crippen LogP contribution in [0.15, 0.2) is 42.6 Å². The minimum Gasteiger partial charge on any atom is -0.399 e. The molecule has 5 nitrogen and oxygen atoms in total. The van der Waals surface area contributed by atoms with Crippen LogP contribution in [-0.4, -0.2) is 32.9 Å². The fourth-order valence-corrected chi connectivity index (χ4v) is 3.25. The fourth-order valence-electron chi connectivity index (χ4n) is 3.25. The summed E-state index contributed by atoms with van der Waals surface area (Å²) in [6, 6.07) is 12.2. The van der Waals surface area contributed by atoms with Crippen LogP contribution in [0.2, 0.25) is 0 Å². The highest BCUT2D eigenvalue weighted by Crippen LogP contribution is 2.36. The van der Waals surface area contributed by atoms with E-state index in [9.17, 15) is 0 Å². The van der Waals surface area contributed by atoms with Gasteiger partial charge in [-0.15, -0.1) is 0 Å². The van der Waals surface area contributed by atoms with E-state index >= 15 is 0 Å². The zero-order valence-corrected chi connectivity index (χ0v) is 16.0. The molecule has 3 aromatic rings. The topological polar surface area (TPSA) is 49.2 Å². The first-order valence-electron chi connectivity index (χ1n) is 9.09. The summed E-state index contributed by atoms with van der Waals surface area (Å²) in [7, 11) is -0.397. The molecule has 0 amide bonds. The molecular weight excluding hydrogens is 325 g/mol. The Balaban J connectivity index is 1.67. The zero-order valence-electron chi connectivity index (χ0n) is 16.0. The van der Waals surface area contributed by atoms with Crippen LogP contribution in [-0.2, 0) is 15.9 Å². The summed E-state index contributed by atoms with van der Waals surface area (Å²) in [5.74, 6) is 0.883. The molecule has 0 radical (unpaired) electrons. The number of benzene rings is 1. The van der Waals surface area contributed by atoms with Crippen molar-refractivity contribution in [3.05, 3.63) is 42.6 Å². The largest absolute Gasteiger partial charge is 0.496 e. The highest BCUT2D eigenvalue weighted by molar-refractivity contribution is 6.62. The maximum absolute atomic E-state index is 6.11. The lowest BCUT2D eigenvalue weighted by atomic mass is 9.80. The maximum Gasteiger partial charge on any atom is 0.496 e. The van der Waals surface area contributed by atoms with E-state index in [0.717, 1.165) is 34.6 Å². The van der Waals surface area contributed by atoms with E-state index in [1.165, 1.54) is 0 Å². The lowest BCUT2D eigenvalue weighted by Gasteiger charge is -2.32. The summed E-state index contributed by atoms with van der Waals surface area (Å²) in [6.07, 6.45) is 1.83. The van der Waals surface area contributed by atoms with Crippen molar-refractivity contribution in [3.63, 3.8) is 0 Å². The lowest BCUT2D eigenvalue weighted by Crippen LogP contribution is -2.41. The van der Waals surface area contributed by atoms with Crippen LogP contribution >= 0.6 is 0 Å². The third-order valence-electron chi connectivity index (χ3n) is 5.51. The van der Waals surface area contributed by atoms with Crippen molar-refractivity contribution in [1.29, 1.82) is 0 Å². The predicted octanol–water partition coefficient (Wildman–Crippen LogP) is 3.42. The summed E-state index contributed by atoms with van der Waals surface area (Å²) in [5, 5.41) is 0. The second-order valence-corrected chi connectivity index (χ2v) is 7.73. The third kappa shape index (κ3) is 2.64. The lowest BCUT2D eigenvalue weighted by molar-refractivity contribution is 0.00578. The number of rotatable bonds is 3. The standard InChI is InChI=1S/C20H24BN3O2/c1-6-24-17-10-8-7-9-15(17)23-18(24)16-12-11-14(13-22-16)21-25-19(2,3)20(4,5)26-21/h7-13H,6H2,1-5H3. The molecule has 1 aliphatic rings. The number of hydrogen-bond acceptors (Lipinski definition) is 4. The summed E-state index contributed by atoms with van der Waals surface area (Å²) >= 11 is 0. The minimum atomic E-state index is -0.397. The number of aromatic nitrogens is 3. The van der Waals surface area contributed by atoms with Crippen molar-refractivity contribution in [2.24, 2.45) is 0 Å². The molecule has 0 N–H and O–H groups in total. The Morgan fingerprint density at radius 3 is 2.31 bits per heavy atom. The molecule has 0 unspecified atom stereocenters. The summed E-state index contributed by atoms with van der Waals surface area (Å²) in [6.45, 7) is 11.2. The number of fused-ring (bicyclic) bond motifs is 1. The van der Waals surface area contributed by atoms with E-state index in [4.69, 9.17) is 14.3 Å². The molecule has 3 heterocycles. The first-order valence-corrected chi connectivity index (χ1v) is 9.09. The van der Waals surface area contributed by atoms with Crippen LogP contribution < -0.4 is 5.46 Å². The van der Waals surface area contributed by atoms with Gasteiger partial charge in [0.1, 0.15) is 5.69 Å². The van der Waals surface area contributed by atoms with Crippen molar-refractivity contribution >= 4 is 23.6 Å². The van der Waals surface area contributed by atoms with E-state index in [2.05, 4.69) is 50.2 Å². The number of para-hydroxylation sites is 2. The number of nitrogens with zero attached hydrogens (tertiary/aromatic N) is 3. The SMILES string of the molecule is CCn1c(-c2ccc(B3OC(C)(C)C(C)(C)O3)cn2)nc2ccccc21. The van der Waals surface area contributed by atoms with Gasteiger partial charge < -0.3 is 13.9 Å². The number of hydrogen-bond donors (Lipinski definition) is 0. The molecule has 6 heteroatoms. The summed E-state index contributed by atoms with van der Waals surface area (Å²) < 4.78 is 14.4. The van der Waals surface area contributed by atoms with Crippen molar-refractivity contribution in [1.82, 2.24) is 14.5 Å². The van der Waals surface area contributed by atoms with Crippen molar-refractivity contribution < 1.29 is 9.31 Å². The first-order chi connectivity index (χ1) is 12.3. The number of imidazole rings is 1. The van der Waals surface area contributed by atoms with Gasteiger partial charge in [-0.2, -0.15) is 0 Å². The van der Waals surface area contributed by atoms with E-state index in [1.807, 2.05) is 36.5 Å². The molecule has 1 fully saturated rings. The van der Waals surface area contributed by atoms with Gasteiger partial charge >= 0.3 is 7.12 Å². The number of pyridine rings is 1. The second-order valence-electron chi connectivity index (χ2n) is 7.73. The molecule has 4 rings (SSSR count). The molecule has 134 valence electrons. The fraction of sp³-hybridized carbons (Fsp3) is 0.400. The molecule has 0 spiro atoms. The van der Waals surface area contributed by atoms with Gasteiger partial charge in [0.2, 0.25) is 0 Å². The predicted molar refractivity (Wildman–Crippen MR) is 104 cm³/mol. The smallest absolute Gasteiger partial charge is 0.399 e. The first kappa shape index (κ1) is 17.2. The normalized spacial score (nSPS) is 18.6. The summed E-state index contributed by atoms with van der Waals surface area (Å²) in [5.41, 5.74) is 3.18. The van der Waals surface area contributed by atoms with E-state index in [0.29, 0.717) is 0 Å².